The summed E-state index contributed by atoms with van der Waals surface area (Å²) in [6.45, 7) is 9.62. The molecule has 86 valence electrons. The van der Waals surface area contributed by atoms with Crippen LogP contribution in [-0.4, -0.2) is 18.0 Å². The maximum Gasteiger partial charge on any atom is 0.0533 e. The molecule has 0 aromatic heterocycles. The number of alkyl halides is 1. The number of ether oxygens (including phenoxy) is 1. The molecule has 0 heterocycles. The second-order valence-corrected chi connectivity index (χ2v) is 5.05. The van der Waals surface area contributed by atoms with Gasteiger partial charge in [-0.25, -0.2) is 0 Å². The predicted molar refractivity (Wildman–Crippen MR) is 67.1 cm³/mol. The number of rotatable bonds is 8. The predicted octanol–water partition coefficient (Wildman–Crippen LogP) is 4.39. The zero-order chi connectivity index (χ0) is 11.0. The van der Waals surface area contributed by atoms with Crippen molar-refractivity contribution in [3.8, 4) is 0 Å². The van der Waals surface area contributed by atoms with Crippen LogP contribution in [0.15, 0.2) is 0 Å². The van der Waals surface area contributed by atoms with E-state index in [9.17, 15) is 0 Å². The first-order chi connectivity index (χ1) is 6.60. The number of hydrogen-bond donors (Lipinski definition) is 0. The normalized spacial score (nSPS) is 12.4. The molecular formula is C12H25BrO. The molecule has 0 aliphatic carbocycles. The zero-order valence-electron chi connectivity index (χ0n) is 10.1. The quantitative estimate of drug-likeness (QED) is 0.591. The lowest BCUT2D eigenvalue weighted by Crippen LogP contribution is -2.30. The van der Waals surface area contributed by atoms with Gasteiger partial charge in [0, 0.05) is 10.7 Å². The van der Waals surface area contributed by atoms with E-state index in [2.05, 4.69) is 43.6 Å². The Hall–Kier alpha value is 0.440. The Morgan fingerprint density at radius 1 is 1.14 bits per heavy atom. The van der Waals surface area contributed by atoms with Crippen LogP contribution >= 0.6 is 15.9 Å². The van der Waals surface area contributed by atoms with Gasteiger partial charge in [0.2, 0.25) is 0 Å². The third kappa shape index (κ3) is 5.35. The summed E-state index contributed by atoms with van der Waals surface area (Å²) >= 11 is 3.65. The zero-order valence-corrected chi connectivity index (χ0v) is 11.7. The van der Waals surface area contributed by atoms with Gasteiger partial charge in [-0.3, -0.25) is 0 Å². The molecule has 0 unspecified atom stereocenters. The fraction of sp³-hybridized carbons (Fsp3) is 1.00. The van der Waals surface area contributed by atoms with Gasteiger partial charge in [-0.1, -0.05) is 42.6 Å². The highest BCUT2D eigenvalue weighted by molar-refractivity contribution is 9.09. The summed E-state index contributed by atoms with van der Waals surface area (Å²) in [5.41, 5.74) is 0.369. The van der Waals surface area contributed by atoms with E-state index in [1.165, 1.54) is 25.7 Å². The van der Waals surface area contributed by atoms with Crippen molar-refractivity contribution in [3.05, 3.63) is 0 Å². The first-order valence-corrected chi connectivity index (χ1v) is 6.90. The fourth-order valence-electron chi connectivity index (χ4n) is 1.85. The summed E-state index contributed by atoms with van der Waals surface area (Å²) in [4.78, 5) is 0. The highest BCUT2D eigenvalue weighted by Crippen LogP contribution is 2.32. The van der Waals surface area contributed by atoms with Crippen molar-refractivity contribution in [2.24, 2.45) is 5.41 Å². The summed E-state index contributed by atoms with van der Waals surface area (Å²) in [5, 5.41) is 1.06. The smallest absolute Gasteiger partial charge is 0.0533 e. The van der Waals surface area contributed by atoms with Crippen LogP contribution in [0.25, 0.3) is 0 Å². The third-order valence-corrected chi connectivity index (χ3v) is 3.76. The minimum absolute atomic E-state index is 0.349. The SMILES string of the molecule is CCCC(CBr)(CCC)COC(C)C. The van der Waals surface area contributed by atoms with Crippen molar-refractivity contribution in [1.29, 1.82) is 0 Å². The van der Waals surface area contributed by atoms with Gasteiger partial charge in [0.1, 0.15) is 0 Å². The monoisotopic (exact) mass is 264 g/mol. The lowest BCUT2D eigenvalue weighted by molar-refractivity contribution is 0.00885. The molecule has 0 N–H and O–H groups in total. The molecular weight excluding hydrogens is 240 g/mol. The van der Waals surface area contributed by atoms with Gasteiger partial charge >= 0.3 is 0 Å². The molecule has 0 aliphatic heterocycles. The van der Waals surface area contributed by atoms with Crippen LogP contribution in [0.4, 0.5) is 0 Å². The lowest BCUT2D eigenvalue weighted by Gasteiger charge is -2.32. The standard InChI is InChI=1S/C12H25BrO/c1-5-7-12(9-13,8-6-2)10-14-11(3)4/h11H,5-10H2,1-4H3. The largest absolute Gasteiger partial charge is 0.378 e. The molecule has 0 amide bonds. The Kier molecular flexibility index (Phi) is 7.94. The van der Waals surface area contributed by atoms with Gasteiger partial charge in [0.25, 0.3) is 0 Å². The highest BCUT2D eigenvalue weighted by Gasteiger charge is 2.27. The van der Waals surface area contributed by atoms with E-state index in [0.29, 0.717) is 11.5 Å². The van der Waals surface area contributed by atoms with Crippen molar-refractivity contribution in [2.75, 3.05) is 11.9 Å². The Bertz CT molecular complexity index is 128. The average Bonchev–Trinajstić information content (AvgIpc) is 2.15. The number of hydrogen-bond acceptors (Lipinski definition) is 1. The summed E-state index contributed by atoms with van der Waals surface area (Å²) in [6, 6.07) is 0. The Labute approximate surface area is 97.7 Å². The highest BCUT2D eigenvalue weighted by atomic mass is 79.9. The van der Waals surface area contributed by atoms with Gasteiger partial charge in [0.15, 0.2) is 0 Å². The molecule has 0 saturated carbocycles. The molecule has 0 fully saturated rings. The van der Waals surface area contributed by atoms with Crippen LogP contribution in [0.3, 0.4) is 0 Å². The summed E-state index contributed by atoms with van der Waals surface area (Å²) < 4.78 is 5.77. The van der Waals surface area contributed by atoms with Crippen molar-refractivity contribution in [3.63, 3.8) is 0 Å². The maximum atomic E-state index is 5.77. The van der Waals surface area contributed by atoms with E-state index < -0.39 is 0 Å². The first kappa shape index (κ1) is 14.4. The van der Waals surface area contributed by atoms with Crippen LogP contribution in [0, 0.1) is 5.41 Å². The average molecular weight is 265 g/mol. The van der Waals surface area contributed by atoms with E-state index in [1.54, 1.807) is 0 Å². The van der Waals surface area contributed by atoms with Crippen LogP contribution in [-0.2, 0) is 4.74 Å². The van der Waals surface area contributed by atoms with Crippen molar-refractivity contribution in [1.82, 2.24) is 0 Å². The van der Waals surface area contributed by atoms with Gasteiger partial charge in [-0.15, -0.1) is 0 Å². The van der Waals surface area contributed by atoms with E-state index in [0.717, 1.165) is 11.9 Å². The molecule has 1 nitrogen and oxygen atoms in total. The van der Waals surface area contributed by atoms with Crippen LogP contribution in [0.2, 0.25) is 0 Å². The lowest BCUT2D eigenvalue weighted by atomic mass is 9.82. The van der Waals surface area contributed by atoms with Crippen molar-refractivity contribution in [2.45, 2.75) is 59.5 Å². The molecule has 0 radical (unpaired) electrons. The summed E-state index contributed by atoms with van der Waals surface area (Å²) in [7, 11) is 0. The van der Waals surface area contributed by atoms with E-state index in [1.807, 2.05) is 0 Å². The Balaban J connectivity index is 4.17. The van der Waals surface area contributed by atoms with Crippen LogP contribution in [0.5, 0.6) is 0 Å². The van der Waals surface area contributed by atoms with Crippen molar-refractivity contribution < 1.29 is 4.74 Å². The van der Waals surface area contributed by atoms with Crippen LogP contribution < -0.4 is 0 Å². The summed E-state index contributed by atoms with van der Waals surface area (Å²) in [5.74, 6) is 0. The van der Waals surface area contributed by atoms with E-state index in [4.69, 9.17) is 4.74 Å². The molecule has 14 heavy (non-hydrogen) atoms. The van der Waals surface area contributed by atoms with E-state index in [-0.39, 0.29) is 0 Å². The van der Waals surface area contributed by atoms with Gasteiger partial charge in [0.05, 0.1) is 12.7 Å². The van der Waals surface area contributed by atoms with Gasteiger partial charge in [-0.2, -0.15) is 0 Å². The Morgan fingerprint density at radius 2 is 1.64 bits per heavy atom. The molecule has 0 atom stereocenters. The molecule has 0 bridgehead atoms. The maximum absolute atomic E-state index is 5.77. The number of halogens is 1. The molecule has 0 aromatic carbocycles. The first-order valence-electron chi connectivity index (χ1n) is 5.77. The summed E-state index contributed by atoms with van der Waals surface area (Å²) in [6.07, 6.45) is 5.36. The van der Waals surface area contributed by atoms with E-state index >= 15 is 0 Å². The molecule has 0 saturated heterocycles. The van der Waals surface area contributed by atoms with Gasteiger partial charge in [-0.05, 0) is 26.7 Å². The molecule has 0 aliphatic rings. The third-order valence-electron chi connectivity index (χ3n) is 2.57. The molecule has 0 spiro atoms. The molecule has 2 heteroatoms. The fourth-order valence-corrected chi connectivity index (χ4v) is 2.57. The van der Waals surface area contributed by atoms with Gasteiger partial charge < -0.3 is 4.74 Å². The minimum Gasteiger partial charge on any atom is -0.378 e. The molecule has 0 rings (SSSR count). The Morgan fingerprint density at radius 3 is 1.93 bits per heavy atom. The second kappa shape index (κ2) is 7.70. The van der Waals surface area contributed by atoms with Crippen LogP contribution in [0.1, 0.15) is 53.4 Å². The van der Waals surface area contributed by atoms with Crippen molar-refractivity contribution >= 4 is 15.9 Å². The molecule has 0 aromatic rings. The topological polar surface area (TPSA) is 9.23 Å². The minimum atomic E-state index is 0.349. The second-order valence-electron chi connectivity index (χ2n) is 4.49.